The van der Waals surface area contributed by atoms with Gasteiger partial charge in [-0.3, -0.25) is 4.79 Å². The van der Waals surface area contributed by atoms with Gasteiger partial charge in [0, 0.05) is 10.4 Å². The molecule has 0 aliphatic rings. The van der Waals surface area contributed by atoms with Gasteiger partial charge in [-0.1, -0.05) is 18.5 Å². The van der Waals surface area contributed by atoms with E-state index >= 15 is 0 Å². The van der Waals surface area contributed by atoms with Gasteiger partial charge in [0.05, 0.1) is 28.8 Å². The number of hydrogen-bond acceptors (Lipinski definition) is 4. The molecule has 0 amide bonds. The van der Waals surface area contributed by atoms with E-state index in [0.717, 1.165) is 16.5 Å². The summed E-state index contributed by atoms with van der Waals surface area (Å²) < 4.78 is 6.52. The Morgan fingerprint density at radius 3 is 2.95 bits per heavy atom. The van der Waals surface area contributed by atoms with Gasteiger partial charge in [0.25, 0.3) is 0 Å². The quantitative estimate of drug-likeness (QED) is 0.780. The van der Waals surface area contributed by atoms with E-state index in [9.17, 15) is 4.79 Å². The van der Waals surface area contributed by atoms with Gasteiger partial charge in [-0.25, -0.2) is 4.98 Å². The van der Waals surface area contributed by atoms with Gasteiger partial charge >= 0.3 is 5.97 Å². The fourth-order valence-corrected chi connectivity index (χ4v) is 3.49. The third-order valence-corrected chi connectivity index (χ3v) is 4.31. The van der Waals surface area contributed by atoms with Crippen molar-refractivity contribution in [3.63, 3.8) is 0 Å². The number of thiazole rings is 1. The lowest BCUT2D eigenvalue weighted by Gasteiger charge is -2.12. The first-order chi connectivity index (χ1) is 10.0. The molecule has 0 bridgehead atoms. The van der Waals surface area contributed by atoms with Gasteiger partial charge in [0.1, 0.15) is 10.8 Å². The van der Waals surface area contributed by atoms with Gasteiger partial charge in [0.15, 0.2) is 0 Å². The van der Waals surface area contributed by atoms with Crippen molar-refractivity contribution in [2.75, 3.05) is 6.61 Å². The molecule has 0 fully saturated rings. The zero-order valence-corrected chi connectivity index (χ0v) is 14.4. The summed E-state index contributed by atoms with van der Waals surface area (Å²) in [4.78, 5) is 15.1. The Bertz CT molecular complexity index is 660. The molecule has 1 aromatic carbocycles. The fraction of sp³-hybridized carbons (Fsp3) is 0.286. The topological polar surface area (TPSA) is 59.4 Å². The van der Waals surface area contributed by atoms with Gasteiger partial charge in [-0.05, 0) is 34.5 Å². The molecule has 2 rings (SSSR count). The first-order valence-electron chi connectivity index (χ1n) is 6.29. The van der Waals surface area contributed by atoms with Gasteiger partial charge in [-0.2, -0.15) is 0 Å². The van der Waals surface area contributed by atoms with Crippen LogP contribution in [0, 0.1) is 0 Å². The fourth-order valence-electron chi connectivity index (χ4n) is 1.74. The second kappa shape index (κ2) is 7.24. The molecule has 0 aliphatic heterocycles. The molecule has 0 atom stereocenters. The van der Waals surface area contributed by atoms with E-state index in [1.54, 1.807) is 17.5 Å². The zero-order chi connectivity index (χ0) is 15.4. The third kappa shape index (κ3) is 4.18. The van der Waals surface area contributed by atoms with E-state index in [1.807, 2.05) is 6.92 Å². The molecule has 21 heavy (non-hydrogen) atoms. The Labute approximate surface area is 139 Å². The van der Waals surface area contributed by atoms with Crippen molar-refractivity contribution in [1.82, 2.24) is 4.98 Å². The number of carboxylic acid groups (broad SMARTS) is 1. The van der Waals surface area contributed by atoms with Crippen molar-refractivity contribution in [3.8, 4) is 16.3 Å². The average Bonchev–Trinajstić information content (AvgIpc) is 2.84. The lowest BCUT2D eigenvalue weighted by molar-refractivity contribution is -0.136. The second-order valence-electron chi connectivity index (χ2n) is 4.33. The summed E-state index contributed by atoms with van der Waals surface area (Å²) in [5, 5.41) is 11.8. The molecule has 4 nitrogen and oxygen atoms in total. The monoisotopic (exact) mass is 389 g/mol. The smallest absolute Gasteiger partial charge is 0.309 e. The van der Waals surface area contributed by atoms with Crippen molar-refractivity contribution in [1.29, 1.82) is 0 Å². The largest absolute Gasteiger partial charge is 0.492 e. The number of nitrogens with zero attached hydrogens (tertiary/aromatic N) is 1. The number of carbonyl (C=O) groups is 1. The SMILES string of the molecule is CCCOc1c(Br)cc(Cl)cc1-c1nc(CC(=O)O)cs1. The third-order valence-electron chi connectivity index (χ3n) is 2.57. The lowest BCUT2D eigenvalue weighted by Crippen LogP contribution is -2.00. The van der Waals surface area contributed by atoms with E-state index in [4.69, 9.17) is 21.4 Å². The molecule has 0 unspecified atom stereocenters. The first kappa shape index (κ1) is 16.3. The van der Waals surface area contributed by atoms with Crippen LogP contribution in [0.1, 0.15) is 19.0 Å². The maximum absolute atomic E-state index is 10.7. The Hall–Kier alpha value is -1.11. The molecule has 7 heteroatoms. The zero-order valence-electron chi connectivity index (χ0n) is 11.2. The van der Waals surface area contributed by atoms with Crippen molar-refractivity contribution in [2.24, 2.45) is 0 Å². The highest BCUT2D eigenvalue weighted by Gasteiger charge is 2.16. The number of benzene rings is 1. The van der Waals surface area contributed by atoms with Crippen molar-refractivity contribution >= 4 is 44.8 Å². The van der Waals surface area contributed by atoms with Crippen LogP contribution in [0.2, 0.25) is 5.02 Å². The predicted molar refractivity (Wildman–Crippen MR) is 87.4 cm³/mol. The minimum absolute atomic E-state index is 0.0939. The number of aromatic nitrogens is 1. The minimum Gasteiger partial charge on any atom is -0.492 e. The molecule has 1 N–H and O–H groups in total. The summed E-state index contributed by atoms with van der Waals surface area (Å²) in [7, 11) is 0. The molecule has 1 aromatic heterocycles. The van der Waals surface area contributed by atoms with Crippen LogP contribution >= 0.6 is 38.9 Å². The molecule has 0 radical (unpaired) electrons. The summed E-state index contributed by atoms with van der Waals surface area (Å²) in [6.45, 7) is 2.61. The number of halogens is 2. The standard InChI is InChI=1S/C14H13BrClNO3S/c1-2-3-20-13-10(4-8(16)5-11(13)15)14-17-9(7-21-14)6-12(18)19/h4-5,7H,2-3,6H2,1H3,(H,18,19). The molecule has 1 heterocycles. The summed E-state index contributed by atoms with van der Waals surface area (Å²) in [5.41, 5.74) is 1.30. The van der Waals surface area contributed by atoms with Crippen LogP contribution in [0.4, 0.5) is 0 Å². The van der Waals surface area contributed by atoms with E-state index in [-0.39, 0.29) is 6.42 Å². The second-order valence-corrected chi connectivity index (χ2v) is 6.48. The number of carboxylic acids is 1. The molecule has 0 spiro atoms. The normalized spacial score (nSPS) is 10.6. The molecular formula is C14H13BrClNO3S. The van der Waals surface area contributed by atoms with Gasteiger partial charge in [-0.15, -0.1) is 11.3 Å². The maximum atomic E-state index is 10.7. The number of ether oxygens (including phenoxy) is 1. The number of aliphatic carboxylic acids is 1. The van der Waals surface area contributed by atoms with E-state index in [0.29, 0.717) is 28.1 Å². The van der Waals surface area contributed by atoms with E-state index in [1.165, 1.54) is 11.3 Å². The molecule has 0 saturated heterocycles. The highest BCUT2D eigenvalue weighted by atomic mass is 79.9. The number of rotatable bonds is 6. The minimum atomic E-state index is -0.901. The number of hydrogen-bond donors (Lipinski definition) is 1. The van der Waals surface area contributed by atoms with Crippen LogP contribution < -0.4 is 4.74 Å². The average molecular weight is 391 g/mol. The van der Waals surface area contributed by atoms with Crippen LogP contribution in [-0.2, 0) is 11.2 Å². The molecule has 0 saturated carbocycles. The summed E-state index contributed by atoms with van der Waals surface area (Å²) in [5.74, 6) is -0.223. The maximum Gasteiger partial charge on any atom is 0.309 e. The van der Waals surface area contributed by atoms with Crippen molar-refractivity contribution < 1.29 is 14.6 Å². The Morgan fingerprint density at radius 2 is 2.29 bits per heavy atom. The first-order valence-corrected chi connectivity index (χ1v) is 8.34. The van der Waals surface area contributed by atoms with Crippen LogP contribution in [0.25, 0.3) is 10.6 Å². The highest BCUT2D eigenvalue weighted by Crippen LogP contribution is 2.40. The van der Waals surface area contributed by atoms with Crippen LogP contribution in [0.3, 0.4) is 0 Å². The highest BCUT2D eigenvalue weighted by molar-refractivity contribution is 9.10. The molecule has 0 aliphatic carbocycles. The van der Waals surface area contributed by atoms with Crippen LogP contribution in [0.15, 0.2) is 22.0 Å². The summed E-state index contributed by atoms with van der Waals surface area (Å²) in [6, 6.07) is 3.54. The molecule has 2 aromatic rings. The van der Waals surface area contributed by atoms with Crippen LogP contribution in [0.5, 0.6) is 5.75 Å². The molecule has 112 valence electrons. The Morgan fingerprint density at radius 1 is 1.52 bits per heavy atom. The van der Waals surface area contributed by atoms with Gasteiger partial charge in [0.2, 0.25) is 0 Å². The van der Waals surface area contributed by atoms with E-state index in [2.05, 4.69) is 20.9 Å². The van der Waals surface area contributed by atoms with Gasteiger partial charge < -0.3 is 9.84 Å². The van der Waals surface area contributed by atoms with E-state index < -0.39 is 5.97 Å². The lowest BCUT2D eigenvalue weighted by atomic mass is 10.2. The van der Waals surface area contributed by atoms with Crippen molar-refractivity contribution in [2.45, 2.75) is 19.8 Å². The summed E-state index contributed by atoms with van der Waals surface area (Å²) >= 11 is 10.9. The predicted octanol–water partition coefficient (Wildman–Crippen LogP) is 4.64. The van der Waals surface area contributed by atoms with Crippen molar-refractivity contribution in [3.05, 3.63) is 32.7 Å². The summed E-state index contributed by atoms with van der Waals surface area (Å²) in [6.07, 6.45) is 0.792. The Kier molecular flexibility index (Phi) is 5.61. The Balaban J connectivity index is 2.41. The molecular weight excluding hydrogens is 378 g/mol. The van der Waals surface area contributed by atoms with Crippen LogP contribution in [-0.4, -0.2) is 22.7 Å².